The molecular weight excluding hydrogens is 522 g/mol. The molecule has 9 nitrogen and oxygen atoms in total. The Bertz CT molecular complexity index is 1420. The molecular formula is C32H33N3O6. The van der Waals surface area contributed by atoms with Gasteiger partial charge in [-0.1, -0.05) is 78.9 Å². The number of benzene rings is 3. The molecule has 212 valence electrons. The van der Waals surface area contributed by atoms with Gasteiger partial charge in [-0.2, -0.15) is 0 Å². The van der Waals surface area contributed by atoms with Crippen molar-refractivity contribution in [2.75, 3.05) is 26.2 Å². The fraction of sp³-hybridized carbons (Fsp3) is 0.344. The second kappa shape index (κ2) is 11.0. The Labute approximate surface area is 238 Å². The maximum absolute atomic E-state index is 14.0. The van der Waals surface area contributed by atoms with Crippen molar-refractivity contribution in [2.45, 2.75) is 43.0 Å². The summed E-state index contributed by atoms with van der Waals surface area (Å²) >= 11 is 0. The van der Waals surface area contributed by atoms with Gasteiger partial charge in [0.15, 0.2) is 0 Å². The molecule has 9 heteroatoms. The lowest BCUT2D eigenvalue weighted by molar-refractivity contribution is -0.150. The maximum Gasteiger partial charge on any atom is 0.408 e. The highest BCUT2D eigenvalue weighted by Gasteiger charge is 2.52. The number of nitrogens with one attached hydrogen (secondary N) is 1. The molecule has 0 aromatic heterocycles. The number of fused-ring (bicyclic) bond motifs is 3. The highest BCUT2D eigenvalue weighted by atomic mass is 16.5. The third-order valence-corrected chi connectivity index (χ3v) is 8.52. The largest absolute Gasteiger partial charge is 0.480 e. The number of ether oxygens (including phenoxy) is 1. The van der Waals surface area contributed by atoms with E-state index < -0.39 is 35.7 Å². The number of carboxylic acids is 1. The van der Waals surface area contributed by atoms with Gasteiger partial charge in [0, 0.05) is 38.5 Å². The summed E-state index contributed by atoms with van der Waals surface area (Å²) in [6, 6.07) is 24.8. The zero-order chi connectivity index (χ0) is 28.6. The molecule has 3 aliphatic rings. The van der Waals surface area contributed by atoms with E-state index >= 15 is 0 Å². The summed E-state index contributed by atoms with van der Waals surface area (Å²) in [4.78, 5) is 42.6. The Morgan fingerprint density at radius 2 is 1.56 bits per heavy atom. The van der Waals surface area contributed by atoms with Crippen LogP contribution >= 0.6 is 0 Å². The number of carbonyl (C=O) groups excluding carboxylic acids is 2. The summed E-state index contributed by atoms with van der Waals surface area (Å²) in [5.41, 5.74) is 4.08. The predicted molar refractivity (Wildman–Crippen MR) is 151 cm³/mol. The molecule has 6 rings (SSSR count). The van der Waals surface area contributed by atoms with E-state index in [1.807, 2.05) is 66.7 Å². The number of alkyl carbamates (subject to hydrolysis) is 1. The summed E-state index contributed by atoms with van der Waals surface area (Å²) in [6.45, 7) is 1.30. The summed E-state index contributed by atoms with van der Waals surface area (Å²) in [7, 11) is 0. The molecule has 0 spiro atoms. The number of aliphatic hydroxyl groups is 1. The van der Waals surface area contributed by atoms with Crippen LogP contribution in [0.25, 0.3) is 11.1 Å². The number of rotatable bonds is 7. The van der Waals surface area contributed by atoms with E-state index in [-0.39, 0.29) is 32.0 Å². The average molecular weight is 556 g/mol. The first kappa shape index (κ1) is 27.0. The van der Waals surface area contributed by atoms with E-state index in [2.05, 4.69) is 22.3 Å². The number of hydrogen-bond donors (Lipinski definition) is 3. The zero-order valence-electron chi connectivity index (χ0n) is 22.6. The van der Waals surface area contributed by atoms with Gasteiger partial charge in [-0.25, -0.2) is 9.59 Å². The first-order valence-electron chi connectivity index (χ1n) is 14.0. The van der Waals surface area contributed by atoms with Crippen molar-refractivity contribution in [2.24, 2.45) is 0 Å². The number of carboxylic acid groups (broad SMARTS) is 1. The zero-order valence-corrected chi connectivity index (χ0v) is 22.6. The molecule has 1 unspecified atom stereocenters. The van der Waals surface area contributed by atoms with Crippen LogP contribution in [0, 0.1) is 0 Å². The van der Waals surface area contributed by atoms with Crippen LogP contribution in [0.5, 0.6) is 0 Å². The van der Waals surface area contributed by atoms with Gasteiger partial charge >= 0.3 is 12.1 Å². The van der Waals surface area contributed by atoms with Crippen LogP contribution in [0.4, 0.5) is 4.79 Å². The lowest BCUT2D eigenvalue weighted by Gasteiger charge is -2.34. The lowest BCUT2D eigenvalue weighted by Crippen LogP contribution is -2.62. The number of carbonyl (C=O) groups is 3. The lowest BCUT2D eigenvalue weighted by atomic mass is 9.96. The van der Waals surface area contributed by atoms with Gasteiger partial charge in [-0.05, 0) is 34.2 Å². The van der Waals surface area contributed by atoms with E-state index in [4.69, 9.17) is 4.74 Å². The Balaban J connectivity index is 1.21. The minimum absolute atomic E-state index is 0.0458. The summed E-state index contributed by atoms with van der Waals surface area (Å²) in [5.74, 6) is -1.82. The van der Waals surface area contributed by atoms with Gasteiger partial charge in [-0.15, -0.1) is 0 Å². The van der Waals surface area contributed by atoms with E-state index in [0.29, 0.717) is 19.5 Å². The van der Waals surface area contributed by atoms with Gasteiger partial charge in [0.25, 0.3) is 5.91 Å². The average Bonchev–Trinajstić information content (AvgIpc) is 3.66. The number of likely N-dealkylation sites (tertiary alicyclic amines) is 2. The van der Waals surface area contributed by atoms with Crippen LogP contribution in [0.1, 0.15) is 35.4 Å². The van der Waals surface area contributed by atoms with Crippen molar-refractivity contribution in [3.8, 4) is 11.1 Å². The molecule has 41 heavy (non-hydrogen) atoms. The SMILES string of the molecule is O=C(NC1(C(=O)N2C[C@H](O)C[C@H]2C(=O)O)CCN(Cc2ccccc2)C1)OCC1c2ccccc2-c2ccccc21. The minimum atomic E-state index is -1.38. The van der Waals surface area contributed by atoms with Crippen LogP contribution < -0.4 is 5.32 Å². The van der Waals surface area contributed by atoms with E-state index in [0.717, 1.165) is 27.8 Å². The highest BCUT2D eigenvalue weighted by Crippen LogP contribution is 2.44. The van der Waals surface area contributed by atoms with Crippen LogP contribution in [0.3, 0.4) is 0 Å². The van der Waals surface area contributed by atoms with Crippen LogP contribution in [-0.2, 0) is 20.9 Å². The molecule has 0 radical (unpaired) electrons. The molecule has 0 bridgehead atoms. The van der Waals surface area contributed by atoms with Crippen LogP contribution in [0.2, 0.25) is 0 Å². The third kappa shape index (κ3) is 5.18. The fourth-order valence-corrected chi connectivity index (χ4v) is 6.57. The van der Waals surface area contributed by atoms with Gasteiger partial charge in [0.05, 0.1) is 6.10 Å². The standard InChI is InChI=1S/C32H33N3O6/c36-22-16-28(29(37)38)35(18-22)30(39)32(14-15-34(20-32)17-21-8-2-1-3-9-21)33-31(40)41-19-27-25-12-6-4-10-23(25)24-11-5-7-13-26(24)27/h1-13,22,27-28,36H,14-20H2,(H,33,40)(H,37,38)/t22-,28+,32?/m1/s1. The van der Waals surface area contributed by atoms with E-state index in [9.17, 15) is 24.6 Å². The number of β-amino-alcohol motifs (C(OH)–C–C–N with tert-alkyl or cyclic N) is 1. The quantitative estimate of drug-likeness (QED) is 0.410. The molecule has 2 saturated heterocycles. The van der Waals surface area contributed by atoms with Gasteiger partial charge in [0.1, 0.15) is 18.2 Å². The van der Waals surface area contributed by atoms with Crippen molar-refractivity contribution in [3.63, 3.8) is 0 Å². The van der Waals surface area contributed by atoms with Crippen molar-refractivity contribution >= 4 is 18.0 Å². The summed E-state index contributed by atoms with van der Waals surface area (Å²) < 4.78 is 5.78. The molecule has 0 saturated carbocycles. The topological polar surface area (TPSA) is 119 Å². The molecule has 3 atom stereocenters. The number of aliphatic hydroxyl groups excluding tert-OH is 1. The van der Waals surface area contributed by atoms with Crippen molar-refractivity contribution in [3.05, 3.63) is 95.6 Å². The molecule has 2 fully saturated rings. The first-order chi connectivity index (χ1) is 19.8. The highest BCUT2D eigenvalue weighted by molar-refractivity contribution is 5.94. The Kier molecular flexibility index (Phi) is 7.23. The number of amides is 2. The van der Waals surface area contributed by atoms with Gasteiger partial charge in [-0.3, -0.25) is 9.69 Å². The number of aliphatic carboxylic acids is 1. The van der Waals surface area contributed by atoms with E-state index in [1.165, 1.54) is 4.90 Å². The van der Waals surface area contributed by atoms with Gasteiger partial charge in [0.2, 0.25) is 0 Å². The fourth-order valence-electron chi connectivity index (χ4n) is 6.57. The molecule has 1 aliphatic carbocycles. The van der Waals surface area contributed by atoms with Crippen LogP contribution in [-0.4, -0.2) is 81.9 Å². The first-order valence-corrected chi connectivity index (χ1v) is 14.0. The molecule has 3 aromatic carbocycles. The van der Waals surface area contributed by atoms with Crippen LogP contribution in [0.15, 0.2) is 78.9 Å². The summed E-state index contributed by atoms with van der Waals surface area (Å²) in [6.07, 6.45) is -1.42. The Morgan fingerprint density at radius 1 is 0.927 bits per heavy atom. The molecule has 2 aliphatic heterocycles. The molecule has 3 N–H and O–H groups in total. The molecule has 3 aromatic rings. The monoisotopic (exact) mass is 555 g/mol. The second-order valence-corrected chi connectivity index (χ2v) is 11.2. The van der Waals surface area contributed by atoms with E-state index in [1.54, 1.807) is 0 Å². The number of nitrogens with zero attached hydrogens (tertiary/aromatic N) is 2. The van der Waals surface area contributed by atoms with Crippen molar-refractivity contribution < 1.29 is 29.3 Å². The smallest absolute Gasteiger partial charge is 0.408 e. The maximum atomic E-state index is 14.0. The Morgan fingerprint density at radius 3 is 2.22 bits per heavy atom. The third-order valence-electron chi connectivity index (χ3n) is 8.52. The van der Waals surface area contributed by atoms with Crippen molar-refractivity contribution in [1.29, 1.82) is 0 Å². The predicted octanol–water partition coefficient (Wildman–Crippen LogP) is 3.22. The second-order valence-electron chi connectivity index (χ2n) is 11.2. The minimum Gasteiger partial charge on any atom is -0.480 e. The normalized spacial score (nSPS) is 23.7. The molecule has 2 heterocycles. The summed E-state index contributed by atoms with van der Waals surface area (Å²) in [5, 5.41) is 22.8. The van der Waals surface area contributed by atoms with Gasteiger partial charge < -0.3 is 25.2 Å². The number of hydrogen-bond acceptors (Lipinski definition) is 6. The van der Waals surface area contributed by atoms with Crippen molar-refractivity contribution in [1.82, 2.24) is 15.1 Å². The molecule has 2 amide bonds. The Hall–Kier alpha value is -4.21.